The van der Waals surface area contributed by atoms with Crippen molar-refractivity contribution in [3.05, 3.63) is 35.6 Å². The minimum absolute atomic E-state index is 0.216. The van der Waals surface area contributed by atoms with Crippen LogP contribution in [0.15, 0.2) is 24.3 Å². The van der Waals surface area contributed by atoms with Gasteiger partial charge in [0, 0.05) is 25.0 Å². The summed E-state index contributed by atoms with van der Waals surface area (Å²) in [5, 5.41) is 9.51. The molecular weight excluding hydrogens is 299 g/mol. The van der Waals surface area contributed by atoms with Gasteiger partial charge in [-0.2, -0.15) is 0 Å². The summed E-state index contributed by atoms with van der Waals surface area (Å²) in [7, 11) is 0. The van der Waals surface area contributed by atoms with Gasteiger partial charge in [-0.05, 0) is 24.5 Å². The van der Waals surface area contributed by atoms with Crippen LogP contribution in [0.3, 0.4) is 0 Å². The van der Waals surface area contributed by atoms with E-state index in [0.29, 0.717) is 5.56 Å². The summed E-state index contributed by atoms with van der Waals surface area (Å²) in [6.45, 7) is 3.88. The van der Waals surface area contributed by atoms with Crippen molar-refractivity contribution in [3.63, 3.8) is 0 Å². The van der Waals surface area contributed by atoms with E-state index in [9.17, 15) is 19.1 Å². The molecule has 5 nitrogen and oxygen atoms in total. The first kappa shape index (κ1) is 17.4. The maximum absolute atomic E-state index is 14.0. The molecule has 1 aliphatic rings. The topological polar surface area (TPSA) is 83.6 Å². The highest BCUT2D eigenvalue weighted by Gasteiger charge is 2.48. The van der Waals surface area contributed by atoms with Gasteiger partial charge in [0.25, 0.3) is 0 Å². The van der Waals surface area contributed by atoms with Crippen LogP contribution in [0.5, 0.6) is 0 Å². The Bertz CT molecular complexity index is 601. The van der Waals surface area contributed by atoms with Crippen LogP contribution in [0.2, 0.25) is 0 Å². The first-order valence-electron chi connectivity index (χ1n) is 7.90. The van der Waals surface area contributed by atoms with Crippen molar-refractivity contribution in [1.29, 1.82) is 0 Å². The molecule has 1 aromatic carbocycles. The summed E-state index contributed by atoms with van der Waals surface area (Å²) in [4.78, 5) is 25.9. The first-order chi connectivity index (χ1) is 10.9. The fourth-order valence-electron chi connectivity index (χ4n) is 3.35. The maximum Gasteiger partial charge on any atom is 0.319 e. The van der Waals surface area contributed by atoms with Crippen molar-refractivity contribution in [2.75, 3.05) is 13.1 Å². The molecule has 1 heterocycles. The molecule has 1 amide bonds. The zero-order chi connectivity index (χ0) is 17.2. The van der Waals surface area contributed by atoms with Gasteiger partial charge in [-0.1, -0.05) is 32.0 Å². The number of carbonyl (C=O) groups is 2. The third kappa shape index (κ3) is 2.95. The Labute approximate surface area is 135 Å². The predicted octanol–water partition coefficient (Wildman–Crippen LogP) is 1.97. The molecule has 6 heteroatoms. The number of amides is 1. The van der Waals surface area contributed by atoms with E-state index in [4.69, 9.17) is 5.73 Å². The van der Waals surface area contributed by atoms with Crippen molar-refractivity contribution in [2.45, 2.75) is 38.6 Å². The molecule has 126 valence electrons. The highest BCUT2D eigenvalue weighted by atomic mass is 19.1. The number of carboxylic acid groups (broad SMARTS) is 1. The third-order valence-electron chi connectivity index (χ3n) is 4.98. The Kier molecular flexibility index (Phi) is 5.04. The summed E-state index contributed by atoms with van der Waals surface area (Å²) in [5.74, 6) is -2.21. The number of likely N-dealkylation sites (tertiary alicyclic amines) is 1. The van der Waals surface area contributed by atoms with Crippen LogP contribution in [-0.2, 0) is 9.59 Å². The molecule has 0 saturated carbocycles. The fraction of sp³-hybridized carbons (Fsp3) is 0.529. The molecule has 23 heavy (non-hydrogen) atoms. The second-order valence-corrected chi connectivity index (χ2v) is 6.10. The number of benzene rings is 1. The maximum atomic E-state index is 14.0. The Balaban J connectivity index is 2.26. The van der Waals surface area contributed by atoms with Gasteiger partial charge in [0.2, 0.25) is 5.91 Å². The molecule has 2 rings (SSSR count). The van der Waals surface area contributed by atoms with E-state index in [1.54, 1.807) is 32.0 Å². The summed E-state index contributed by atoms with van der Waals surface area (Å²) >= 11 is 0. The van der Waals surface area contributed by atoms with Crippen LogP contribution in [0.1, 0.15) is 38.2 Å². The second-order valence-electron chi connectivity index (χ2n) is 6.10. The summed E-state index contributed by atoms with van der Waals surface area (Å²) in [5.41, 5.74) is 5.15. The minimum atomic E-state index is -1.43. The lowest BCUT2D eigenvalue weighted by atomic mass is 9.81. The molecule has 0 radical (unpaired) electrons. The summed E-state index contributed by atoms with van der Waals surface area (Å²) in [6, 6.07) is 5.96. The zero-order valence-electron chi connectivity index (χ0n) is 13.5. The molecule has 0 spiro atoms. The molecule has 1 aromatic rings. The normalized spacial score (nSPS) is 21.5. The van der Waals surface area contributed by atoms with Crippen LogP contribution < -0.4 is 5.73 Å². The quantitative estimate of drug-likeness (QED) is 0.812. The number of nitrogens with zero attached hydrogens (tertiary/aromatic N) is 1. The van der Waals surface area contributed by atoms with Crippen molar-refractivity contribution in [1.82, 2.24) is 4.90 Å². The Morgan fingerprint density at radius 3 is 2.43 bits per heavy atom. The van der Waals surface area contributed by atoms with Gasteiger partial charge in [-0.3, -0.25) is 9.59 Å². The van der Waals surface area contributed by atoms with E-state index in [2.05, 4.69) is 0 Å². The highest BCUT2D eigenvalue weighted by Crippen LogP contribution is 2.34. The van der Waals surface area contributed by atoms with Crippen molar-refractivity contribution in [3.8, 4) is 0 Å². The van der Waals surface area contributed by atoms with Gasteiger partial charge < -0.3 is 15.7 Å². The average Bonchev–Trinajstić information content (AvgIpc) is 2.91. The SMILES string of the molecule is CCC(CC)(C(=O)O)C(=O)N1C[C@@H](N)[C@H](c2ccccc2F)C1. The van der Waals surface area contributed by atoms with E-state index in [0.717, 1.165) is 0 Å². The molecule has 3 N–H and O–H groups in total. The van der Waals surface area contributed by atoms with Gasteiger partial charge in [-0.25, -0.2) is 4.39 Å². The number of hydrogen-bond acceptors (Lipinski definition) is 3. The van der Waals surface area contributed by atoms with Crippen molar-refractivity contribution < 1.29 is 19.1 Å². The van der Waals surface area contributed by atoms with E-state index < -0.39 is 23.3 Å². The monoisotopic (exact) mass is 322 g/mol. The number of aliphatic carboxylic acids is 1. The number of rotatable bonds is 5. The smallest absolute Gasteiger partial charge is 0.319 e. The number of carboxylic acids is 1. The van der Waals surface area contributed by atoms with Gasteiger partial charge in [0.05, 0.1) is 0 Å². The second kappa shape index (κ2) is 6.66. The Morgan fingerprint density at radius 2 is 1.91 bits per heavy atom. The molecule has 1 aliphatic heterocycles. The molecule has 0 aliphatic carbocycles. The molecule has 1 saturated heterocycles. The molecular formula is C17H23FN2O3. The summed E-state index contributed by atoms with van der Waals surface area (Å²) < 4.78 is 14.0. The molecule has 0 aromatic heterocycles. The lowest BCUT2D eigenvalue weighted by molar-refractivity contribution is -0.161. The third-order valence-corrected chi connectivity index (χ3v) is 4.98. The van der Waals surface area contributed by atoms with Gasteiger partial charge in [0.1, 0.15) is 11.2 Å². The standard InChI is InChI=1S/C17H23FN2O3/c1-3-17(4-2,16(22)23)15(21)20-9-12(14(19)10-20)11-7-5-6-8-13(11)18/h5-8,12,14H,3-4,9-10,19H2,1-2H3,(H,22,23)/t12-,14+/m0/s1. The summed E-state index contributed by atoms with van der Waals surface area (Å²) in [6.07, 6.45) is 0.432. The number of carbonyl (C=O) groups excluding carboxylic acids is 1. The van der Waals surface area contributed by atoms with Crippen LogP contribution in [0.25, 0.3) is 0 Å². The number of hydrogen-bond donors (Lipinski definition) is 2. The van der Waals surface area contributed by atoms with Crippen molar-refractivity contribution in [2.24, 2.45) is 11.1 Å². The van der Waals surface area contributed by atoms with Gasteiger partial charge in [-0.15, -0.1) is 0 Å². The molecule has 1 fully saturated rings. The Hall–Kier alpha value is -1.95. The first-order valence-corrected chi connectivity index (χ1v) is 7.90. The fourth-order valence-corrected chi connectivity index (χ4v) is 3.35. The zero-order valence-corrected chi connectivity index (χ0v) is 13.5. The molecule has 0 bridgehead atoms. The largest absolute Gasteiger partial charge is 0.480 e. The lowest BCUT2D eigenvalue weighted by Gasteiger charge is -2.30. The van der Waals surface area contributed by atoms with Gasteiger partial charge >= 0.3 is 5.97 Å². The van der Waals surface area contributed by atoms with Gasteiger partial charge in [0.15, 0.2) is 0 Å². The van der Waals surface area contributed by atoms with E-state index in [1.807, 2.05) is 0 Å². The number of nitrogens with two attached hydrogens (primary N) is 1. The minimum Gasteiger partial charge on any atom is -0.480 e. The predicted molar refractivity (Wildman–Crippen MR) is 84.3 cm³/mol. The van der Waals surface area contributed by atoms with Crippen molar-refractivity contribution >= 4 is 11.9 Å². The van der Waals surface area contributed by atoms with E-state index >= 15 is 0 Å². The highest BCUT2D eigenvalue weighted by molar-refractivity contribution is 6.02. The molecule has 2 atom stereocenters. The Morgan fingerprint density at radius 1 is 1.30 bits per heavy atom. The van der Waals surface area contributed by atoms with E-state index in [-0.39, 0.29) is 37.7 Å². The number of halogens is 1. The average molecular weight is 322 g/mol. The van der Waals surface area contributed by atoms with E-state index in [1.165, 1.54) is 11.0 Å². The van der Waals surface area contributed by atoms with Crippen LogP contribution >= 0.6 is 0 Å². The van der Waals surface area contributed by atoms with Crippen LogP contribution in [0.4, 0.5) is 4.39 Å². The van der Waals surface area contributed by atoms with Crippen LogP contribution in [-0.4, -0.2) is 41.0 Å². The lowest BCUT2D eigenvalue weighted by Crippen LogP contribution is -2.48. The molecule has 0 unspecified atom stereocenters. The van der Waals surface area contributed by atoms with Crippen LogP contribution in [0, 0.1) is 11.2 Å².